The van der Waals surface area contributed by atoms with Crippen molar-refractivity contribution in [3.05, 3.63) is 64.3 Å². The summed E-state index contributed by atoms with van der Waals surface area (Å²) in [4.78, 5) is 12.1. The number of esters is 1. The van der Waals surface area contributed by atoms with Crippen molar-refractivity contribution < 1.29 is 27.4 Å². The van der Waals surface area contributed by atoms with E-state index < -0.39 is 17.7 Å². The van der Waals surface area contributed by atoms with Gasteiger partial charge in [0.25, 0.3) is 0 Å². The SMILES string of the molecule is CCOC(=O)c1n[nH]nc1-c1cc(Cl)ccc1OCc1cccc(C(F)(F)F)c1. The van der Waals surface area contributed by atoms with Crippen LogP contribution in [0, 0.1) is 0 Å². The second-order valence-corrected chi connectivity index (χ2v) is 6.31. The van der Waals surface area contributed by atoms with Crippen LogP contribution in [0.15, 0.2) is 42.5 Å². The van der Waals surface area contributed by atoms with Crippen molar-refractivity contribution in [2.45, 2.75) is 19.7 Å². The Morgan fingerprint density at radius 3 is 2.69 bits per heavy atom. The van der Waals surface area contributed by atoms with Crippen LogP contribution in [0.5, 0.6) is 5.75 Å². The van der Waals surface area contributed by atoms with Crippen LogP contribution in [0.25, 0.3) is 11.3 Å². The normalized spacial score (nSPS) is 11.3. The first kappa shape index (κ1) is 20.7. The molecule has 1 heterocycles. The lowest BCUT2D eigenvalue weighted by molar-refractivity contribution is -0.137. The molecule has 1 aromatic heterocycles. The van der Waals surface area contributed by atoms with Gasteiger partial charge < -0.3 is 9.47 Å². The summed E-state index contributed by atoms with van der Waals surface area (Å²) in [6.45, 7) is 1.67. The molecule has 2 aromatic carbocycles. The number of halogens is 4. The van der Waals surface area contributed by atoms with Crippen molar-refractivity contribution in [1.29, 1.82) is 0 Å². The number of nitrogens with one attached hydrogen (secondary N) is 1. The van der Waals surface area contributed by atoms with Gasteiger partial charge in [0.1, 0.15) is 18.1 Å². The van der Waals surface area contributed by atoms with Gasteiger partial charge in [0.15, 0.2) is 5.69 Å². The molecule has 0 atom stereocenters. The zero-order valence-electron chi connectivity index (χ0n) is 15.1. The molecule has 10 heteroatoms. The Balaban J connectivity index is 1.90. The zero-order valence-corrected chi connectivity index (χ0v) is 15.8. The summed E-state index contributed by atoms with van der Waals surface area (Å²) in [5.41, 5.74) is 0.00632. The first-order valence-corrected chi connectivity index (χ1v) is 8.84. The lowest BCUT2D eigenvalue weighted by Crippen LogP contribution is -2.08. The number of carbonyl (C=O) groups is 1. The predicted octanol–water partition coefficient (Wildman–Crippen LogP) is 4.90. The fourth-order valence-corrected chi connectivity index (χ4v) is 2.74. The summed E-state index contributed by atoms with van der Waals surface area (Å²) < 4.78 is 49.3. The number of H-pyrrole nitrogens is 1. The Labute approximate surface area is 168 Å². The van der Waals surface area contributed by atoms with Crippen LogP contribution in [0.2, 0.25) is 5.02 Å². The number of carbonyl (C=O) groups excluding carboxylic acids is 1. The maximum absolute atomic E-state index is 12.9. The molecule has 6 nitrogen and oxygen atoms in total. The van der Waals surface area contributed by atoms with Gasteiger partial charge in [0, 0.05) is 10.6 Å². The van der Waals surface area contributed by atoms with E-state index in [1.54, 1.807) is 13.0 Å². The quantitative estimate of drug-likeness (QED) is 0.568. The van der Waals surface area contributed by atoms with Crippen molar-refractivity contribution >= 4 is 17.6 Å². The Bertz CT molecular complexity index is 1020. The zero-order chi connectivity index (χ0) is 21.0. The minimum Gasteiger partial charge on any atom is -0.488 e. The van der Waals surface area contributed by atoms with E-state index in [1.165, 1.54) is 24.3 Å². The van der Waals surface area contributed by atoms with Crippen LogP contribution in [0.1, 0.15) is 28.5 Å². The molecule has 0 bridgehead atoms. The number of nitrogens with zero attached hydrogens (tertiary/aromatic N) is 2. The summed E-state index contributed by atoms with van der Waals surface area (Å²) in [6.07, 6.45) is -4.45. The van der Waals surface area contributed by atoms with Crippen LogP contribution in [0.4, 0.5) is 13.2 Å². The molecule has 0 unspecified atom stereocenters. The van der Waals surface area contributed by atoms with Gasteiger partial charge in [-0.1, -0.05) is 23.7 Å². The third-order valence-electron chi connectivity index (χ3n) is 3.86. The van der Waals surface area contributed by atoms with E-state index >= 15 is 0 Å². The number of rotatable bonds is 6. The first-order valence-electron chi connectivity index (χ1n) is 8.46. The largest absolute Gasteiger partial charge is 0.488 e. The number of aromatic nitrogens is 3. The fourth-order valence-electron chi connectivity index (χ4n) is 2.57. The van der Waals surface area contributed by atoms with Crippen molar-refractivity contribution in [1.82, 2.24) is 15.4 Å². The number of hydrogen-bond acceptors (Lipinski definition) is 5. The maximum atomic E-state index is 12.9. The topological polar surface area (TPSA) is 77.1 Å². The average molecular weight is 426 g/mol. The highest BCUT2D eigenvalue weighted by Crippen LogP contribution is 2.34. The van der Waals surface area contributed by atoms with E-state index in [0.29, 0.717) is 16.1 Å². The predicted molar refractivity (Wildman–Crippen MR) is 98.6 cm³/mol. The molecular formula is C19H15ClF3N3O3. The molecule has 152 valence electrons. The summed E-state index contributed by atoms with van der Waals surface area (Å²) in [5.74, 6) is -0.411. The Morgan fingerprint density at radius 2 is 1.97 bits per heavy atom. The highest BCUT2D eigenvalue weighted by atomic mass is 35.5. The highest BCUT2D eigenvalue weighted by Gasteiger charge is 2.30. The van der Waals surface area contributed by atoms with Crippen LogP contribution >= 0.6 is 11.6 Å². The third kappa shape index (κ3) is 4.86. The van der Waals surface area contributed by atoms with Crippen LogP contribution < -0.4 is 4.74 Å². The molecule has 0 saturated carbocycles. The van der Waals surface area contributed by atoms with Gasteiger partial charge in [-0.05, 0) is 42.8 Å². The number of benzene rings is 2. The van der Waals surface area contributed by atoms with Gasteiger partial charge in [-0.2, -0.15) is 23.5 Å². The Kier molecular flexibility index (Phi) is 6.07. The second kappa shape index (κ2) is 8.52. The van der Waals surface area contributed by atoms with Gasteiger partial charge in [0.05, 0.1) is 12.2 Å². The van der Waals surface area contributed by atoms with Gasteiger partial charge in [-0.25, -0.2) is 4.79 Å². The van der Waals surface area contributed by atoms with Crippen molar-refractivity contribution in [2.24, 2.45) is 0 Å². The molecule has 0 radical (unpaired) electrons. The standard InChI is InChI=1S/C19H15ClF3N3O3/c1-2-28-18(27)17-16(24-26-25-17)14-9-13(20)6-7-15(14)29-10-11-4-3-5-12(8-11)19(21,22)23/h3-9H,2,10H2,1H3,(H,24,25,26). The van der Waals surface area contributed by atoms with Crippen LogP contribution in [-0.4, -0.2) is 28.0 Å². The second-order valence-electron chi connectivity index (χ2n) is 5.87. The highest BCUT2D eigenvalue weighted by molar-refractivity contribution is 6.31. The smallest absolute Gasteiger partial charge is 0.416 e. The van der Waals surface area contributed by atoms with E-state index in [0.717, 1.165) is 12.1 Å². The van der Waals surface area contributed by atoms with E-state index in [1.807, 2.05) is 0 Å². The summed E-state index contributed by atoms with van der Waals surface area (Å²) in [7, 11) is 0. The first-order chi connectivity index (χ1) is 13.8. The molecule has 0 spiro atoms. The molecule has 1 N–H and O–H groups in total. The van der Waals surface area contributed by atoms with Crippen LogP contribution in [0.3, 0.4) is 0 Å². The number of aromatic amines is 1. The molecule has 3 aromatic rings. The number of hydrogen-bond donors (Lipinski definition) is 1. The monoisotopic (exact) mass is 425 g/mol. The number of alkyl halides is 3. The number of ether oxygens (including phenoxy) is 2. The Morgan fingerprint density at radius 1 is 1.17 bits per heavy atom. The minimum absolute atomic E-state index is 0.0574. The van der Waals surface area contributed by atoms with Gasteiger partial charge >= 0.3 is 12.1 Å². The summed E-state index contributed by atoms with van der Waals surface area (Å²) in [6, 6.07) is 9.43. The lowest BCUT2D eigenvalue weighted by atomic mass is 10.1. The lowest BCUT2D eigenvalue weighted by Gasteiger charge is -2.13. The van der Waals surface area contributed by atoms with Crippen molar-refractivity contribution in [3.63, 3.8) is 0 Å². The van der Waals surface area contributed by atoms with E-state index in [-0.39, 0.29) is 30.4 Å². The molecular weight excluding hydrogens is 411 g/mol. The third-order valence-corrected chi connectivity index (χ3v) is 4.10. The fraction of sp³-hybridized carbons (Fsp3) is 0.211. The molecule has 0 saturated heterocycles. The molecule has 0 amide bonds. The summed E-state index contributed by atoms with van der Waals surface area (Å²) in [5, 5.41) is 10.5. The minimum atomic E-state index is -4.45. The molecule has 0 aliphatic carbocycles. The average Bonchev–Trinajstić information content (AvgIpc) is 3.16. The Hall–Kier alpha value is -3.07. The van der Waals surface area contributed by atoms with Gasteiger partial charge in [-0.3, -0.25) is 0 Å². The van der Waals surface area contributed by atoms with Gasteiger partial charge in [-0.15, -0.1) is 5.10 Å². The maximum Gasteiger partial charge on any atom is 0.416 e. The van der Waals surface area contributed by atoms with Crippen molar-refractivity contribution in [3.8, 4) is 17.0 Å². The molecule has 29 heavy (non-hydrogen) atoms. The van der Waals surface area contributed by atoms with Crippen LogP contribution in [-0.2, 0) is 17.5 Å². The van der Waals surface area contributed by atoms with E-state index in [9.17, 15) is 18.0 Å². The van der Waals surface area contributed by atoms with E-state index in [2.05, 4.69) is 15.4 Å². The molecule has 0 fully saturated rings. The molecule has 0 aliphatic heterocycles. The van der Waals surface area contributed by atoms with Crippen molar-refractivity contribution in [2.75, 3.05) is 6.61 Å². The van der Waals surface area contributed by atoms with Gasteiger partial charge in [0.2, 0.25) is 0 Å². The molecule has 3 rings (SSSR count). The summed E-state index contributed by atoms with van der Waals surface area (Å²) >= 11 is 6.06. The van der Waals surface area contributed by atoms with E-state index in [4.69, 9.17) is 21.1 Å². The molecule has 0 aliphatic rings.